The Labute approximate surface area is 342 Å². The van der Waals surface area contributed by atoms with Gasteiger partial charge in [0.2, 0.25) is 0 Å². The predicted molar refractivity (Wildman–Crippen MR) is 220 cm³/mol. The molecule has 0 bridgehead atoms. The number of ether oxygens (including phenoxy) is 2. The highest BCUT2D eigenvalue weighted by molar-refractivity contribution is 7.95. The van der Waals surface area contributed by atoms with E-state index in [0.29, 0.717) is 48.1 Å². The summed E-state index contributed by atoms with van der Waals surface area (Å²) in [6.45, 7) is 9.05. The third-order valence-electron chi connectivity index (χ3n) is 10.8. The number of aliphatic hydroxyl groups excluding tert-OH is 3. The van der Waals surface area contributed by atoms with Gasteiger partial charge in [-0.15, -0.1) is 0 Å². The van der Waals surface area contributed by atoms with Crippen LogP contribution in [0, 0.1) is 5.41 Å². The first-order valence-electron chi connectivity index (χ1n) is 19.5. The van der Waals surface area contributed by atoms with E-state index in [-0.39, 0.29) is 23.0 Å². The lowest BCUT2D eigenvalue weighted by Crippen LogP contribution is -2.64. The third-order valence-corrected chi connectivity index (χ3v) is 13.1. The van der Waals surface area contributed by atoms with Crippen LogP contribution in [0.15, 0.2) is 89.5 Å². The molecular formula is C41H59N3O12S2. The molecule has 2 fully saturated rings. The molecule has 0 unspecified atom stereocenters. The highest BCUT2D eigenvalue weighted by Crippen LogP contribution is 2.51. The summed E-state index contributed by atoms with van der Waals surface area (Å²) < 4.78 is 76.1. The second kappa shape index (κ2) is 20.5. The molecule has 0 saturated carbocycles. The Bertz CT molecular complexity index is 1980. The van der Waals surface area contributed by atoms with Crippen molar-refractivity contribution in [3.8, 4) is 0 Å². The van der Waals surface area contributed by atoms with Gasteiger partial charge in [-0.3, -0.25) is 4.55 Å². The molecule has 2 aliphatic heterocycles. The molecule has 2 heterocycles. The number of hydrogen-bond donors (Lipinski definition) is 6. The summed E-state index contributed by atoms with van der Waals surface area (Å²) in [7, 11) is -5.21. The molecule has 0 aliphatic carbocycles. The van der Waals surface area contributed by atoms with Crippen LogP contribution in [0.25, 0.3) is 0 Å². The molecule has 7 atom stereocenters. The predicted octanol–water partition coefficient (Wildman–Crippen LogP) is 4.80. The number of amides is 2. The lowest BCUT2D eigenvalue weighted by Gasteiger charge is -2.42. The van der Waals surface area contributed by atoms with Crippen molar-refractivity contribution >= 4 is 32.0 Å². The maximum atomic E-state index is 14.2. The number of nitrogens with one attached hydrogen (secondary N) is 2. The van der Waals surface area contributed by atoms with E-state index in [0.717, 1.165) is 12.8 Å². The van der Waals surface area contributed by atoms with Crippen LogP contribution in [0.2, 0.25) is 0 Å². The van der Waals surface area contributed by atoms with E-state index < -0.39 is 81.0 Å². The molecule has 17 heteroatoms. The van der Waals surface area contributed by atoms with Gasteiger partial charge >= 0.3 is 16.4 Å². The summed E-state index contributed by atoms with van der Waals surface area (Å²) in [4.78, 5) is 15.3. The molecule has 2 aromatic carbocycles. The van der Waals surface area contributed by atoms with Gasteiger partial charge in [0.25, 0.3) is 0 Å². The number of urea groups is 1. The van der Waals surface area contributed by atoms with Crippen molar-refractivity contribution in [2.24, 2.45) is 5.41 Å². The van der Waals surface area contributed by atoms with E-state index in [9.17, 15) is 36.9 Å². The van der Waals surface area contributed by atoms with E-state index in [2.05, 4.69) is 21.4 Å². The zero-order valence-corrected chi connectivity index (χ0v) is 35.4. The molecule has 2 aliphatic rings. The Morgan fingerprint density at radius 1 is 1.03 bits per heavy atom. The fraction of sp³-hybridized carbons (Fsp3) is 0.537. The molecule has 15 nitrogen and oxygen atoms in total. The number of rotatable bonds is 17. The quantitative estimate of drug-likeness (QED) is 0.118. The Balaban J connectivity index is 1.69. The number of carbonyl (C=O) groups is 1. The largest absolute Gasteiger partial charge is 0.397 e. The number of anilines is 1. The Morgan fingerprint density at radius 3 is 2.28 bits per heavy atom. The number of carbonyl (C=O) groups excluding carboxylic acids is 1. The maximum absolute atomic E-state index is 14.2. The monoisotopic (exact) mass is 849 g/mol. The number of sulfone groups is 1. The van der Waals surface area contributed by atoms with Gasteiger partial charge in [-0.05, 0) is 54.7 Å². The van der Waals surface area contributed by atoms with Gasteiger partial charge in [-0.1, -0.05) is 94.7 Å². The van der Waals surface area contributed by atoms with Gasteiger partial charge in [0.1, 0.15) is 24.4 Å². The number of likely N-dealkylation sites (N-methyl/N-ethyl adjacent to an activating group) is 1. The summed E-state index contributed by atoms with van der Waals surface area (Å²) in [5.74, 6) is -1.12. The molecule has 4 rings (SSSR count). The van der Waals surface area contributed by atoms with Gasteiger partial charge in [-0.2, -0.15) is 8.42 Å². The fourth-order valence-corrected chi connectivity index (χ4v) is 9.87. The van der Waals surface area contributed by atoms with Crippen LogP contribution in [0.1, 0.15) is 76.3 Å². The molecule has 0 spiro atoms. The summed E-state index contributed by atoms with van der Waals surface area (Å²) in [5, 5.41) is 40.0. The van der Waals surface area contributed by atoms with Gasteiger partial charge in [-0.25, -0.2) is 17.4 Å². The van der Waals surface area contributed by atoms with E-state index in [4.69, 9.17) is 14.0 Å². The number of hydrogen-bond acceptors (Lipinski definition) is 12. The zero-order chi connectivity index (χ0) is 42.8. The average molecular weight is 850 g/mol. The van der Waals surface area contributed by atoms with Crippen LogP contribution in [-0.4, -0.2) is 111 Å². The summed E-state index contributed by atoms with van der Waals surface area (Å²) >= 11 is 0. The molecule has 6 N–H and O–H groups in total. The topological polar surface area (TPSA) is 221 Å². The normalized spacial score (nSPS) is 26.8. The zero-order valence-electron chi connectivity index (χ0n) is 33.8. The maximum Gasteiger partial charge on any atom is 0.397 e. The van der Waals surface area contributed by atoms with Crippen molar-refractivity contribution in [3.05, 3.63) is 101 Å². The Hall–Kier alpha value is -3.65. The smallest absolute Gasteiger partial charge is 0.392 e. The van der Waals surface area contributed by atoms with Gasteiger partial charge in [0.15, 0.2) is 16.1 Å². The summed E-state index contributed by atoms with van der Waals surface area (Å²) in [6, 6.07) is 14.6. The van der Waals surface area contributed by atoms with E-state index in [1.807, 2.05) is 45.8 Å². The van der Waals surface area contributed by atoms with Crippen molar-refractivity contribution < 1.29 is 55.2 Å². The van der Waals surface area contributed by atoms with Gasteiger partial charge in [0.05, 0.1) is 30.0 Å². The van der Waals surface area contributed by atoms with Crippen molar-refractivity contribution in [2.45, 2.75) is 109 Å². The van der Waals surface area contributed by atoms with Crippen LogP contribution in [0.5, 0.6) is 0 Å². The molecular weight excluding hydrogens is 791 g/mol. The minimum atomic E-state index is -4.94. The average Bonchev–Trinajstić information content (AvgIpc) is 3.22. The third kappa shape index (κ3) is 12.0. The molecule has 2 aromatic rings. The van der Waals surface area contributed by atoms with Crippen LogP contribution in [0.3, 0.4) is 0 Å². The van der Waals surface area contributed by atoms with Crippen molar-refractivity contribution in [1.82, 2.24) is 10.2 Å². The number of unbranched alkanes of at least 4 members (excludes halogenated alkanes) is 2. The van der Waals surface area contributed by atoms with Gasteiger partial charge < -0.3 is 40.3 Å². The standard InChI is InChI=1S/C41H59N3O12S2/c1-7-10-20-41(21-11-8-2)26-57(49,50)27(4)32(23-31(9-3)44(5)6)34(38(41)47)29-18-15-19-30(22-29)42-40(48)43-39-36(46)37(54-24-28-16-13-12-14-17-28)35(45)33(56-39)25-55-58(51,52)53/h9,12-19,22-23,33-39,45-47H,4,7-8,10-11,20-21,24-26H2,1-3,5-6H3,(H2,42,43,48)(H,51,52,53)/b31-9+,32-23+/t33-,34-,35-,36-,37+,38-,39-/m1/s1. The van der Waals surface area contributed by atoms with Gasteiger partial charge in [0, 0.05) is 36.8 Å². The van der Waals surface area contributed by atoms with Crippen LogP contribution in [0.4, 0.5) is 10.5 Å². The van der Waals surface area contributed by atoms with Crippen molar-refractivity contribution in [2.75, 3.05) is 31.8 Å². The van der Waals surface area contributed by atoms with Crippen molar-refractivity contribution in [3.63, 3.8) is 0 Å². The van der Waals surface area contributed by atoms with Crippen LogP contribution >= 0.6 is 0 Å². The summed E-state index contributed by atoms with van der Waals surface area (Å²) in [6.07, 6.45) is -1.30. The summed E-state index contributed by atoms with van der Waals surface area (Å²) in [5.41, 5.74) is 1.53. The Morgan fingerprint density at radius 2 is 1.69 bits per heavy atom. The molecule has 2 amide bonds. The van der Waals surface area contributed by atoms with E-state index >= 15 is 0 Å². The first kappa shape index (κ1) is 47.0. The number of nitrogens with zero attached hydrogens (tertiary/aromatic N) is 1. The Kier molecular flexibility index (Phi) is 16.7. The molecule has 2 saturated heterocycles. The fourth-order valence-electron chi connectivity index (χ4n) is 7.63. The second-order valence-electron chi connectivity index (χ2n) is 15.2. The molecule has 322 valence electrons. The SMILES string of the molecule is C=C1/C(=C\C(=C/C)N(C)C)[C@@H](c2cccc(NC(=O)N[C@@H]3O[C@H](COS(=O)(=O)O)[C@@H](O)[C@H](OCc4ccccc4)[C@H]3O)c2)[C@@H](O)C(CCCC)(CCCC)CS1(=O)=O. The number of aliphatic hydroxyl groups is 3. The first-order chi connectivity index (χ1) is 27.4. The number of allylic oxidation sites excluding steroid dienone is 3. The molecule has 58 heavy (non-hydrogen) atoms. The number of benzene rings is 2. The second-order valence-corrected chi connectivity index (χ2v) is 18.3. The lowest BCUT2D eigenvalue weighted by molar-refractivity contribution is -0.246. The van der Waals surface area contributed by atoms with Crippen molar-refractivity contribution in [1.29, 1.82) is 0 Å². The highest BCUT2D eigenvalue weighted by atomic mass is 32.3. The highest BCUT2D eigenvalue weighted by Gasteiger charge is 2.51. The van der Waals surface area contributed by atoms with E-state index in [1.54, 1.807) is 60.7 Å². The molecule has 0 radical (unpaired) electrons. The van der Waals surface area contributed by atoms with E-state index in [1.165, 1.54) is 0 Å². The van der Waals surface area contributed by atoms with Crippen LogP contribution < -0.4 is 10.6 Å². The first-order valence-corrected chi connectivity index (χ1v) is 22.5. The van der Waals surface area contributed by atoms with Crippen LogP contribution in [-0.2, 0) is 40.5 Å². The molecule has 0 aromatic heterocycles. The lowest BCUT2D eigenvalue weighted by atomic mass is 9.67. The minimum Gasteiger partial charge on any atom is -0.392 e. The minimum absolute atomic E-state index is 0.0589.